The molecule has 2 aromatic rings. The van der Waals surface area contributed by atoms with E-state index in [2.05, 4.69) is 25.2 Å². The average molecular weight is 298 g/mol. The largest absolute Gasteiger partial charge is 0.338 e. The Balaban J connectivity index is 2.00. The van der Waals surface area contributed by atoms with Crippen LogP contribution in [0.4, 0.5) is 0 Å². The highest BCUT2D eigenvalue weighted by Gasteiger charge is 2.20. The Morgan fingerprint density at radius 2 is 2.25 bits per heavy atom. The van der Waals surface area contributed by atoms with Crippen LogP contribution in [0.25, 0.3) is 0 Å². The van der Waals surface area contributed by atoms with Crippen molar-refractivity contribution in [2.24, 2.45) is 7.05 Å². The van der Waals surface area contributed by atoms with Gasteiger partial charge in [-0.3, -0.25) is 5.10 Å². The van der Waals surface area contributed by atoms with Crippen molar-refractivity contribution in [3.63, 3.8) is 0 Å². The molecular weight excluding hydrogens is 280 g/mol. The van der Waals surface area contributed by atoms with E-state index in [0.717, 1.165) is 5.82 Å². The summed E-state index contributed by atoms with van der Waals surface area (Å²) in [5.74, 6) is 0.827. The fourth-order valence-corrected chi connectivity index (χ4v) is 3.01. The molecule has 0 aliphatic carbocycles. The van der Waals surface area contributed by atoms with E-state index in [4.69, 9.17) is 0 Å². The van der Waals surface area contributed by atoms with Crippen LogP contribution in [-0.2, 0) is 30.0 Å². The zero-order valence-electron chi connectivity index (χ0n) is 11.4. The summed E-state index contributed by atoms with van der Waals surface area (Å²) in [5.41, 5.74) is 0.608. The number of nitrogens with zero attached hydrogens (tertiary/aromatic N) is 3. The summed E-state index contributed by atoms with van der Waals surface area (Å²) in [5, 5.41) is 9.31. The summed E-state index contributed by atoms with van der Waals surface area (Å²) in [4.78, 5) is 4.14. The van der Waals surface area contributed by atoms with Gasteiger partial charge in [-0.15, -0.1) is 0 Å². The second-order valence-corrected chi connectivity index (χ2v) is 6.06. The Morgan fingerprint density at radius 3 is 2.90 bits per heavy atom. The second-order valence-electron chi connectivity index (χ2n) is 4.36. The number of aromatic nitrogens is 4. The number of hydrogen-bond donors (Lipinski definition) is 3. The molecule has 20 heavy (non-hydrogen) atoms. The van der Waals surface area contributed by atoms with Crippen LogP contribution < -0.4 is 10.0 Å². The molecular formula is C11H18N6O2S. The van der Waals surface area contributed by atoms with Crippen LogP contribution in [0.3, 0.4) is 0 Å². The first kappa shape index (κ1) is 14.7. The van der Waals surface area contributed by atoms with Crippen molar-refractivity contribution in [1.82, 2.24) is 29.8 Å². The van der Waals surface area contributed by atoms with Crippen LogP contribution in [0.15, 0.2) is 23.6 Å². The summed E-state index contributed by atoms with van der Waals surface area (Å²) < 4.78 is 28.7. The molecule has 0 spiro atoms. The van der Waals surface area contributed by atoms with E-state index >= 15 is 0 Å². The first-order valence-electron chi connectivity index (χ1n) is 6.17. The third kappa shape index (κ3) is 3.24. The Morgan fingerprint density at radius 1 is 1.45 bits per heavy atom. The number of aryl methyl sites for hydroxylation is 1. The van der Waals surface area contributed by atoms with Crippen LogP contribution in [0.1, 0.15) is 11.4 Å². The van der Waals surface area contributed by atoms with Crippen molar-refractivity contribution >= 4 is 10.0 Å². The molecule has 0 saturated heterocycles. The lowest BCUT2D eigenvalue weighted by atomic mass is 10.4. The van der Waals surface area contributed by atoms with Crippen LogP contribution >= 0.6 is 0 Å². The summed E-state index contributed by atoms with van der Waals surface area (Å²) in [6.07, 6.45) is 5.54. The third-order valence-electron chi connectivity index (χ3n) is 2.88. The normalized spacial score (nSPS) is 11.9. The molecule has 9 heteroatoms. The molecule has 110 valence electrons. The first-order chi connectivity index (χ1) is 9.54. The zero-order valence-corrected chi connectivity index (χ0v) is 12.2. The van der Waals surface area contributed by atoms with E-state index in [1.807, 2.05) is 17.8 Å². The maximum absolute atomic E-state index is 12.2. The minimum absolute atomic E-state index is 0.103. The number of sulfonamides is 1. The fraction of sp³-hybridized carbons (Fsp3) is 0.455. The van der Waals surface area contributed by atoms with E-state index in [0.29, 0.717) is 18.5 Å². The maximum Gasteiger partial charge on any atom is 0.257 e. The summed E-state index contributed by atoms with van der Waals surface area (Å²) >= 11 is 0. The van der Waals surface area contributed by atoms with Gasteiger partial charge < -0.3 is 9.88 Å². The summed E-state index contributed by atoms with van der Waals surface area (Å²) in [7, 11) is 0.0387. The van der Waals surface area contributed by atoms with Gasteiger partial charge in [0.2, 0.25) is 0 Å². The molecule has 0 amide bonds. The van der Waals surface area contributed by atoms with Crippen LogP contribution in [0, 0.1) is 0 Å². The number of nitrogens with one attached hydrogen (secondary N) is 3. The molecule has 8 nitrogen and oxygen atoms in total. The van der Waals surface area contributed by atoms with Crippen molar-refractivity contribution in [1.29, 1.82) is 0 Å². The molecule has 2 heterocycles. The lowest BCUT2D eigenvalue weighted by Crippen LogP contribution is -2.28. The molecule has 0 unspecified atom stereocenters. The Kier molecular flexibility index (Phi) is 4.53. The number of hydrogen-bond acceptors (Lipinski definition) is 5. The SMILES string of the molecule is CNCc1cn[nH]c1S(=O)(=O)NCCc1nccn1C. The van der Waals surface area contributed by atoms with Gasteiger partial charge in [0.05, 0.1) is 6.20 Å². The molecule has 0 aliphatic heterocycles. The Bertz CT molecular complexity index is 660. The summed E-state index contributed by atoms with van der Waals surface area (Å²) in [6.45, 7) is 0.720. The third-order valence-corrected chi connectivity index (χ3v) is 4.35. The van der Waals surface area contributed by atoms with E-state index < -0.39 is 10.0 Å². The van der Waals surface area contributed by atoms with Gasteiger partial charge in [-0.1, -0.05) is 0 Å². The van der Waals surface area contributed by atoms with Crippen molar-refractivity contribution in [3.8, 4) is 0 Å². The van der Waals surface area contributed by atoms with Crippen LogP contribution in [0.2, 0.25) is 0 Å². The predicted octanol–water partition coefficient (Wildman–Crippen LogP) is -0.616. The zero-order chi connectivity index (χ0) is 14.6. The summed E-state index contributed by atoms with van der Waals surface area (Å²) in [6, 6.07) is 0. The molecule has 0 radical (unpaired) electrons. The molecule has 0 aromatic carbocycles. The maximum atomic E-state index is 12.2. The van der Waals surface area contributed by atoms with Crippen molar-refractivity contribution in [3.05, 3.63) is 30.0 Å². The quantitative estimate of drug-likeness (QED) is 0.632. The predicted molar refractivity (Wildman–Crippen MR) is 73.5 cm³/mol. The minimum atomic E-state index is -3.58. The van der Waals surface area contributed by atoms with Gasteiger partial charge in [-0.25, -0.2) is 18.1 Å². The van der Waals surface area contributed by atoms with Gasteiger partial charge in [0, 0.05) is 44.5 Å². The van der Waals surface area contributed by atoms with Gasteiger partial charge >= 0.3 is 0 Å². The van der Waals surface area contributed by atoms with E-state index in [1.165, 1.54) is 6.20 Å². The average Bonchev–Trinajstić information content (AvgIpc) is 3.00. The molecule has 3 N–H and O–H groups in total. The molecule has 2 rings (SSSR count). The molecule has 2 aromatic heterocycles. The number of aromatic amines is 1. The molecule has 0 bridgehead atoms. The standard InChI is InChI=1S/C11H18N6O2S/c1-12-7-9-8-14-16-11(9)20(18,19)15-4-3-10-13-5-6-17(10)2/h5-6,8,12,15H,3-4,7H2,1-2H3,(H,14,16). The number of H-pyrrole nitrogens is 1. The lowest BCUT2D eigenvalue weighted by molar-refractivity contribution is 0.573. The van der Waals surface area contributed by atoms with E-state index in [1.54, 1.807) is 13.2 Å². The topological polar surface area (TPSA) is 105 Å². The smallest absolute Gasteiger partial charge is 0.257 e. The lowest BCUT2D eigenvalue weighted by Gasteiger charge is -2.07. The molecule has 0 atom stereocenters. The van der Waals surface area contributed by atoms with Crippen molar-refractivity contribution in [2.45, 2.75) is 18.0 Å². The van der Waals surface area contributed by atoms with Gasteiger partial charge in [0.25, 0.3) is 10.0 Å². The number of imidazole rings is 1. The van der Waals surface area contributed by atoms with Gasteiger partial charge in [0.15, 0.2) is 5.03 Å². The van der Waals surface area contributed by atoms with E-state index in [9.17, 15) is 8.42 Å². The van der Waals surface area contributed by atoms with Gasteiger partial charge in [-0.05, 0) is 7.05 Å². The Hall–Kier alpha value is -1.71. The highest BCUT2D eigenvalue weighted by atomic mass is 32.2. The van der Waals surface area contributed by atoms with Crippen LogP contribution in [-0.4, -0.2) is 41.8 Å². The molecule has 0 saturated carbocycles. The molecule has 0 aliphatic rings. The van der Waals surface area contributed by atoms with Gasteiger partial charge in [-0.2, -0.15) is 5.10 Å². The molecule has 0 fully saturated rings. The monoisotopic (exact) mass is 298 g/mol. The minimum Gasteiger partial charge on any atom is -0.338 e. The van der Waals surface area contributed by atoms with Crippen molar-refractivity contribution in [2.75, 3.05) is 13.6 Å². The van der Waals surface area contributed by atoms with E-state index in [-0.39, 0.29) is 11.6 Å². The van der Waals surface area contributed by atoms with Crippen LogP contribution in [0.5, 0.6) is 0 Å². The first-order valence-corrected chi connectivity index (χ1v) is 7.65. The van der Waals surface area contributed by atoms with Crippen molar-refractivity contribution < 1.29 is 8.42 Å². The highest BCUT2D eigenvalue weighted by molar-refractivity contribution is 7.89. The number of rotatable bonds is 7. The second kappa shape index (κ2) is 6.16. The Labute approximate surface area is 117 Å². The fourth-order valence-electron chi connectivity index (χ4n) is 1.86. The highest BCUT2D eigenvalue weighted by Crippen LogP contribution is 2.11. The van der Waals surface area contributed by atoms with Gasteiger partial charge in [0.1, 0.15) is 5.82 Å².